The number of hydrogen-bond acceptors (Lipinski definition) is 2. The third-order valence-electron chi connectivity index (χ3n) is 4.16. The topological polar surface area (TPSA) is 23.5 Å². The number of hydrogen-bond donors (Lipinski definition) is 1. The fourth-order valence-corrected chi connectivity index (χ4v) is 3.30. The summed E-state index contributed by atoms with van der Waals surface area (Å²) >= 11 is 6.07. The van der Waals surface area contributed by atoms with Crippen molar-refractivity contribution in [3.05, 3.63) is 70.7 Å². The van der Waals surface area contributed by atoms with Crippen LogP contribution in [0.25, 0.3) is 0 Å². The highest BCUT2D eigenvalue weighted by molar-refractivity contribution is 6.30. The molecule has 0 aromatic heterocycles. The molecule has 1 atom stereocenters. The Bertz CT molecular complexity index is 605. The minimum atomic E-state index is -0.794. The molecule has 2 aromatic carbocycles. The molecule has 4 heteroatoms. The molecule has 0 amide bonds. The number of halogens is 2. The number of likely N-dealkylation sites (tertiary alicyclic amines) is 1. The van der Waals surface area contributed by atoms with Crippen molar-refractivity contribution in [3.63, 3.8) is 0 Å². The summed E-state index contributed by atoms with van der Waals surface area (Å²) in [5.41, 5.74) is 1.42. The van der Waals surface area contributed by atoms with Gasteiger partial charge in [-0.15, -0.1) is 12.4 Å². The number of rotatable bonds is 3. The lowest BCUT2D eigenvalue weighted by atomic mass is 9.85. The molecular weight excluding hydrogens is 317 g/mol. The molecule has 0 radical (unpaired) electrons. The van der Waals surface area contributed by atoms with Gasteiger partial charge in [-0.25, -0.2) is 0 Å². The van der Waals surface area contributed by atoms with Gasteiger partial charge in [0.1, 0.15) is 5.60 Å². The van der Waals surface area contributed by atoms with Crippen LogP contribution in [0.3, 0.4) is 0 Å². The van der Waals surface area contributed by atoms with Crippen molar-refractivity contribution in [2.24, 2.45) is 0 Å². The summed E-state index contributed by atoms with van der Waals surface area (Å²) < 4.78 is 0. The smallest absolute Gasteiger partial charge is 0.102 e. The predicted molar refractivity (Wildman–Crippen MR) is 93.5 cm³/mol. The molecule has 0 aliphatic carbocycles. The van der Waals surface area contributed by atoms with Gasteiger partial charge in [-0.1, -0.05) is 54.1 Å². The molecule has 1 fully saturated rings. The van der Waals surface area contributed by atoms with Gasteiger partial charge >= 0.3 is 0 Å². The largest absolute Gasteiger partial charge is 0.384 e. The van der Waals surface area contributed by atoms with E-state index in [2.05, 4.69) is 29.2 Å². The first-order valence-electron chi connectivity index (χ1n) is 7.40. The Morgan fingerprint density at radius 2 is 1.86 bits per heavy atom. The minimum Gasteiger partial charge on any atom is -0.384 e. The first kappa shape index (κ1) is 17.3. The van der Waals surface area contributed by atoms with Crippen molar-refractivity contribution in [2.75, 3.05) is 13.1 Å². The lowest BCUT2D eigenvalue weighted by Crippen LogP contribution is -2.45. The van der Waals surface area contributed by atoms with Gasteiger partial charge in [0.25, 0.3) is 0 Å². The second-order valence-electron chi connectivity index (χ2n) is 5.84. The van der Waals surface area contributed by atoms with Crippen LogP contribution in [0.4, 0.5) is 0 Å². The van der Waals surface area contributed by atoms with E-state index in [9.17, 15) is 5.11 Å². The molecule has 0 bridgehead atoms. The molecule has 2 nitrogen and oxygen atoms in total. The van der Waals surface area contributed by atoms with Crippen LogP contribution in [0.2, 0.25) is 5.02 Å². The summed E-state index contributed by atoms with van der Waals surface area (Å²) in [5.74, 6) is 0. The Hall–Kier alpha value is -1.06. The highest BCUT2D eigenvalue weighted by Crippen LogP contribution is 2.33. The molecule has 2 aromatic rings. The third-order valence-corrected chi connectivity index (χ3v) is 4.40. The van der Waals surface area contributed by atoms with E-state index in [-0.39, 0.29) is 12.4 Å². The Morgan fingerprint density at radius 3 is 2.59 bits per heavy atom. The molecule has 22 heavy (non-hydrogen) atoms. The zero-order valence-corrected chi connectivity index (χ0v) is 14.0. The quantitative estimate of drug-likeness (QED) is 0.905. The van der Waals surface area contributed by atoms with Crippen LogP contribution in [0.1, 0.15) is 24.0 Å². The van der Waals surface area contributed by atoms with Crippen molar-refractivity contribution in [3.8, 4) is 0 Å². The van der Waals surface area contributed by atoms with Crippen LogP contribution >= 0.6 is 24.0 Å². The molecule has 0 spiro atoms. The fraction of sp³-hybridized carbons (Fsp3) is 0.333. The first-order valence-corrected chi connectivity index (χ1v) is 7.78. The highest BCUT2D eigenvalue weighted by Gasteiger charge is 2.34. The van der Waals surface area contributed by atoms with E-state index in [1.165, 1.54) is 5.56 Å². The Balaban J connectivity index is 0.00000176. The number of β-amino-alcohol motifs (C(OH)–C–C–N with tert-alkyl or cyclic N) is 1. The summed E-state index contributed by atoms with van der Waals surface area (Å²) in [6, 6.07) is 18.0. The monoisotopic (exact) mass is 337 g/mol. The van der Waals surface area contributed by atoms with Gasteiger partial charge < -0.3 is 5.11 Å². The fourth-order valence-electron chi connectivity index (χ4n) is 3.11. The van der Waals surface area contributed by atoms with Crippen LogP contribution < -0.4 is 0 Å². The van der Waals surface area contributed by atoms with Crippen molar-refractivity contribution < 1.29 is 5.11 Å². The maximum atomic E-state index is 11.0. The Morgan fingerprint density at radius 1 is 1.09 bits per heavy atom. The highest BCUT2D eigenvalue weighted by atomic mass is 35.5. The van der Waals surface area contributed by atoms with Crippen molar-refractivity contribution in [1.29, 1.82) is 0 Å². The maximum absolute atomic E-state index is 11.0. The van der Waals surface area contributed by atoms with E-state index in [0.29, 0.717) is 11.6 Å². The first-order chi connectivity index (χ1) is 10.2. The van der Waals surface area contributed by atoms with Crippen molar-refractivity contribution in [1.82, 2.24) is 4.90 Å². The van der Waals surface area contributed by atoms with Crippen molar-refractivity contribution >= 4 is 24.0 Å². The van der Waals surface area contributed by atoms with E-state index in [4.69, 9.17) is 11.6 Å². The molecule has 1 aliphatic heterocycles. The molecule has 1 aliphatic rings. The molecule has 1 saturated heterocycles. The maximum Gasteiger partial charge on any atom is 0.102 e. The van der Waals surface area contributed by atoms with Crippen LogP contribution in [-0.2, 0) is 12.1 Å². The van der Waals surface area contributed by atoms with E-state index < -0.39 is 5.60 Å². The SMILES string of the molecule is Cl.OC1(c2cccc(Cl)c2)CCCN(Cc2ccccc2)C1. The van der Waals surface area contributed by atoms with Gasteiger partial charge in [-0.2, -0.15) is 0 Å². The van der Waals surface area contributed by atoms with Gasteiger partial charge in [-0.05, 0) is 42.6 Å². The zero-order valence-electron chi connectivity index (χ0n) is 12.4. The lowest BCUT2D eigenvalue weighted by Gasteiger charge is -2.39. The molecule has 0 saturated carbocycles. The average molecular weight is 338 g/mol. The lowest BCUT2D eigenvalue weighted by molar-refractivity contribution is -0.0381. The molecule has 1 unspecified atom stereocenters. The average Bonchev–Trinajstić information content (AvgIpc) is 2.48. The Kier molecular flexibility index (Phi) is 5.87. The predicted octanol–water partition coefficient (Wildman–Crippen LogP) is 4.25. The van der Waals surface area contributed by atoms with E-state index >= 15 is 0 Å². The van der Waals surface area contributed by atoms with E-state index in [0.717, 1.165) is 31.5 Å². The summed E-state index contributed by atoms with van der Waals surface area (Å²) in [6.07, 6.45) is 1.79. The van der Waals surface area contributed by atoms with Crippen LogP contribution in [-0.4, -0.2) is 23.1 Å². The number of aliphatic hydroxyl groups is 1. The molecule has 118 valence electrons. The van der Waals surface area contributed by atoms with Gasteiger partial charge in [0, 0.05) is 18.1 Å². The van der Waals surface area contributed by atoms with Crippen LogP contribution in [0, 0.1) is 0 Å². The minimum absolute atomic E-state index is 0. The third kappa shape index (κ3) is 4.02. The second-order valence-corrected chi connectivity index (χ2v) is 6.28. The Labute approximate surface area is 143 Å². The number of benzene rings is 2. The number of piperidine rings is 1. The summed E-state index contributed by atoms with van der Waals surface area (Å²) in [5, 5.41) is 11.7. The molecule has 3 rings (SSSR count). The standard InChI is InChI=1S/C18H20ClNO.ClH/c19-17-9-4-8-16(12-17)18(21)10-5-11-20(14-18)13-15-6-2-1-3-7-15;/h1-4,6-9,12,21H,5,10-11,13-14H2;1H. The normalized spacial score (nSPS) is 22.1. The molecular formula is C18H21Cl2NO. The van der Waals surface area contributed by atoms with Gasteiger partial charge in [0.15, 0.2) is 0 Å². The van der Waals surface area contributed by atoms with Crippen LogP contribution in [0.5, 0.6) is 0 Å². The van der Waals surface area contributed by atoms with E-state index in [1.807, 2.05) is 30.3 Å². The van der Waals surface area contributed by atoms with Gasteiger partial charge in [0.05, 0.1) is 0 Å². The number of nitrogens with zero attached hydrogens (tertiary/aromatic N) is 1. The second kappa shape index (κ2) is 7.47. The summed E-state index contributed by atoms with van der Waals surface area (Å²) in [4.78, 5) is 2.32. The van der Waals surface area contributed by atoms with Gasteiger partial charge in [0.2, 0.25) is 0 Å². The molecule has 1 N–H and O–H groups in total. The summed E-state index contributed by atoms with van der Waals surface area (Å²) in [7, 11) is 0. The van der Waals surface area contributed by atoms with Crippen molar-refractivity contribution in [2.45, 2.75) is 25.0 Å². The van der Waals surface area contributed by atoms with Gasteiger partial charge in [-0.3, -0.25) is 4.90 Å². The zero-order chi connectivity index (χ0) is 14.7. The molecule has 1 heterocycles. The summed E-state index contributed by atoms with van der Waals surface area (Å²) in [6.45, 7) is 2.56. The van der Waals surface area contributed by atoms with Crippen LogP contribution in [0.15, 0.2) is 54.6 Å². The van der Waals surface area contributed by atoms with E-state index in [1.54, 1.807) is 0 Å².